The molecular formula is C26H22O5. The average molecular weight is 414 g/mol. The van der Waals surface area contributed by atoms with Gasteiger partial charge in [-0.05, 0) is 78.0 Å². The van der Waals surface area contributed by atoms with Crippen molar-refractivity contribution in [3.05, 3.63) is 78.9 Å². The first-order chi connectivity index (χ1) is 15.0. The summed E-state index contributed by atoms with van der Waals surface area (Å²) < 4.78 is 11.6. The lowest BCUT2D eigenvalue weighted by atomic mass is 9.99. The third-order valence-electron chi connectivity index (χ3n) is 4.86. The van der Waals surface area contributed by atoms with E-state index in [0.29, 0.717) is 23.7 Å². The highest BCUT2D eigenvalue weighted by molar-refractivity contribution is 5.96. The number of phenolic OH excluding ortho intramolecular Hbond substituents is 2. The maximum atomic E-state index is 11.7. The molecule has 4 rings (SSSR count). The van der Waals surface area contributed by atoms with Crippen LogP contribution in [0.5, 0.6) is 28.7 Å². The Hall–Kier alpha value is -3.99. The highest BCUT2D eigenvalue weighted by atomic mass is 16.5. The first-order valence-corrected chi connectivity index (χ1v) is 10.1. The molecule has 0 heterocycles. The molecule has 0 spiro atoms. The molecule has 0 bridgehead atoms. The van der Waals surface area contributed by atoms with E-state index in [1.807, 2.05) is 37.3 Å². The molecule has 5 nitrogen and oxygen atoms in total. The fourth-order valence-corrected chi connectivity index (χ4v) is 3.35. The molecule has 0 saturated carbocycles. The van der Waals surface area contributed by atoms with Crippen molar-refractivity contribution in [2.75, 3.05) is 0 Å². The van der Waals surface area contributed by atoms with Crippen molar-refractivity contribution in [1.82, 2.24) is 0 Å². The van der Waals surface area contributed by atoms with Crippen LogP contribution in [0, 0.1) is 0 Å². The molecule has 0 aliphatic heterocycles. The van der Waals surface area contributed by atoms with Crippen molar-refractivity contribution in [1.29, 1.82) is 0 Å². The van der Waals surface area contributed by atoms with Crippen LogP contribution in [-0.2, 0) is 4.79 Å². The summed E-state index contributed by atoms with van der Waals surface area (Å²) in [4.78, 5) is 11.7. The number of hydrogen-bond donors (Lipinski definition) is 2. The molecule has 0 saturated heterocycles. The van der Waals surface area contributed by atoms with E-state index in [0.717, 1.165) is 28.3 Å². The molecule has 0 unspecified atom stereocenters. The Kier molecular flexibility index (Phi) is 5.76. The Balaban J connectivity index is 1.72. The predicted octanol–water partition coefficient (Wildman–Crippen LogP) is 6.42. The van der Waals surface area contributed by atoms with Gasteiger partial charge in [-0.3, -0.25) is 4.79 Å². The monoisotopic (exact) mass is 414 g/mol. The third kappa shape index (κ3) is 4.61. The van der Waals surface area contributed by atoms with Gasteiger partial charge in [0.05, 0.1) is 0 Å². The Morgan fingerprint density at radius 2 is 1.48 bits per heavy atom. The second-order valence-corrected chi connectivity index (χ2v) is 7.19. The molecule has 31 heavy (non-hydrogen) atoms. The van der Waals surface area contributed by atoms with Gasteiger partial charge in [0.25, 0.3) is 0 Å². The second-order valence-electron chi connectivity index (χ2n) is 7.19. The van der Waals surface area contributed by atoms with E-state index in [9.17, 15) is 15.0 Å². The van der Waals surface area contributed by atoms with Gasteiger partial charge in [-0.1, -0.05) is 25.1 Å². The Labute approximate surface area is 180 Å². The van der Waals surface area contributed by atoms with Crippen LogP contribution < -0.4 is 9.47 Å². The number of aromatic hydroxyl groups is 2. The van der Waals surface area contributed by atoms with Gasteiger partial charge in [0.2, 0.25) is 0 Å². The van der Waals surface area contributed by atoms with Crippen LogP contribution in [0.15, 0.2) is 78.9 Å². The summed E-state index contributed by atoms with van der Waals surface area (Å²) in [6, 6.07) is 22.7. The second kappa shape index (κ2) is 8.79. The zero-order valence-corrected chi connectivity index (χ0v) is 17.0. The molecule has 0 aromatic heterocycles. The molecule has 4 aromatic rings. The molecule has 5 heteroatoms. The van der Waals surface area contributed by atoms with Crippen LogP contribution >= 0.6 is 0 Å². The van der Waals surface area contributed by atoms with Gasteiger partial charge in [-0.15, -0.1) is 0 Å². The van der Waals surface area contributed by atoms with Crippen LogP contribution in [0.3, 0.4) is 0 Å². The van der Waals surface area contributed by atoms with Crippen molar-refractivity contribution in [2.24, 2.45) is 0 Å². The quantitative estimate of drug-likeness (QED) is 0.281. The summed E-state index contributed by atoms with van der Waals surface area (Å²) in [6.07, 6.45) is 1.10. The number of phenols is 2. The number of rotatable bonds is 6. The maximum absolute atomic E-state index is 11.7. The van der Waals surface area contributed by atoms with Gasteiger partial charge >= 0.3 is 5.97 Å². The van der Waals surface area contributed by atoms with E-state index in [2.05, 4.69) is 0 Å². The summed E-state index contributed by atoms with van der Waals surface area (Å²) >= 11 is 0. The third-order valence-corrected chi connectivity index (χ3v) is 4.86. The lowest BCUT2D eigenvalue weighted by Gasteiger charge is -2.15. The Morgan fingerprint density at radius 3 is 2.19 bits per heavy atom. The highest BCUT2D eigenvalue weighted by Crippen LogP contribution is 2.41. The van der Waals surface area contributed by atoms with Crippen LogP contribution in [0.1, 0.15) is 19.8 Å². The summed E-state index contributed by atoms with van der Waals surface area (Å²) in [7, 11) is 0. The molecule has 0 amide bonds. The Bertz CT molecular complexity index is 1210. The van der Waals surface area contributed by atoms with E-state index in [-0.39, 0.29) is 17.5 Å². The molecule has 0 fully saturated rings. The summed E-state index contributed by atoms with van der Waals surface area (Å²) in [6.45, 7) is 1.92. The van der Waals surface area contributed by atoms with Crippen LogP contribution in [0.25, 0.3) is 21.9 Å². The van der Waals surface area contributed by atoms with Crippen molar-refractivity contribution in [3.8, 4) is 39.9 Å². The predicted molar refractivity (Wildman–Crippen MR) is 120 cm³/mol. The SMILES string of the molecule is CCCC(=O)Oc1ccc(Oc2c(-c3ccc(O)cc3)ccc3cc(O)ccc23)cc1. The number of carbonyl (C=O) groups is 1. The first kappa shape index (κ1) is 20.3. The molecule has 0 radical (unpaired) electrons. The number of esters is 1. The Morgan fingerprint density at radius 1 is 0.806 bits per heavy atom. The van der Waals surface area contributed by atoms with E-state index < -0.39 is 0 Å². The van der Waals surface area contributed by atoms with E-state index >= 15 is 0 Å². The zero-order chi connectivity index (χ0) is 21.8. The normalized spacial score (nSPS) is 10.7. The van der Waals surface area contributed by atoms with Crippen molar-refractivity contribution in [3.63, 3.8) is 0 Å². The minimum atomic E-state index is -0.264. The molecule has 156 valence electrons. The van der Waals surface area contributed by atoms with Gasteiger partial charge in [-0.2, -0.15) is 0 Å². The van der Waals surface area contributed by atoms with E-state index in [1.165, 1.54) is 0 Å². The van der Waals surface area contributed by atoms with Crippen molar-refractivity contribution >= 4 is 16.7 Å². The summed E-state index contributed by atoms with van der Waals surface area (Å²) in [5.74, 6) is 1.76. The van der Waals surface area contributed by atoms with Gasteiger partial charge in [0.1, 0.15) is 28.7 Å². The largest absolute Gasteiger partial charge is 0.508 e. The van der Waals surface area contributed by atoms with Gasteiger partial charge in [0.15, 0.2) is 0 Å². The zero-order valence-electron chi connectivity index (χ0n) is 17.0. The standard InChI is InChI=1S/C26H22O5/c1-2-3-25(29)30-21-10-12-22(13-11-21)31-26-23(17-4-7-19(27)8-5-17)14-6-18-16-20(28)9-15-24(18)26/h4-16,27-28H,2-3H2,1H3. The van der Waals surface area contributed by atoms with Crippen LogP contribution in [0.4, 0.5) is 0 Å². The van der Waals surface area contributed by atoms with Gasteiger partial charge in [0, 0.05) is 17.4 Å². The number of benzene rings is 4. The lowest BCUT2D eigenvalue weighted by molar-refractivity contribution is -0.134. The number of carbonyl (C=O) groups excluding carboxylic acids is 1. The molecule has 0 atom stereocenters. The summed E-state index contributed by atoms with van der Waals surface area (Å²) in [5, 5.41) is 21.2. The highest BCUT2D eigenvalue weighted by Gasteiger charge is 2.13. The fourth-order valence-electron chi connectivity index (χ4n) is 3.35. The lowest BCUT2D eigenvalue weighted by Crippen LogP contribution is -2.06. The fraction of sp³-hybridized carbons (Fsp3) is 0.115. The molecular weight excluding hydrogens is 392 g/mol. The van der Waals surface area contributed by atoms with Crippen LogP contribution in [0.2, 0.25) is 0 Å². The van der Waals surface area contributed by atoms with Crippen LogP contribution in [-0.4, -0.2) is 16.2 Å². The van der Waals surface area contributed by atoms with E-state index in [4.69, 9.17) is 9.47 Å². The molecule has 0 aliphatic carbocycles. The first-order valence-electron chi connectivity index (χ1n) is 10.1. The number of ether oxygens (including phenoxy) is 2. The van der Waals surface area contributed by atoms with Crippen molar-refractivity contribution in [2.45, 2.75) is 19.8 Å². The average Bonchev–Trinajstić information content (AvgIpc) is 2.76. The molecule has 0 aliphatic rings. The number of hydrogen-bond acceptors (Lipinski definition) is 5. The number of fused-ring (bicyclic) bond motifs is 1. The molecule has 4 aromatic carbocycles. The smallest absolute Gasteiger partial charge is 0.311 e. The van der Waals surface area contributed by atoms with Crippen molar-refractivity contribution < 1.29 is 24.5 Å². The minimum absolute atomic E-state index is 0.175. The summed E-state index contributed by atoms with van der Waals surface area (Å²) in [5.41, 5.74) is 1.73. The maximum Gasteiger partial charge on any atom is 0.311 e. The topological polar surface area (TPSA) is 76.0 Å². The molecule has 2 N–H and O–H groups in total. The van der Waals surface area contributed by atoms with Gasteiger partial charge < -0.3 is 19.7 Å². The minimum Gasteiger partial charge on any atom is -0.508 e. The van der Waals surface area contributed by atoms with E-state index in [1.54, 1.807) is 48.5 Å². The van der Waals surface area contributed by atoms with Gasteiger partial charge in [-0.25, -0.2) is 0 Å².